The van der Waals surface area contributed by atoms with Gasteiger partial charge in [0.25, 0.3) is 11.7 Å². The molecule has 5 aliphatic rings. The first kappa shape index (κ1) is 72.9. The minimum absolute atomic E-state index is 0. The van der Waals surface area contributed by atoms with Crippen molar-refractivity contribution in [2.45, 2.75) is 187 Å². The van der Waals surface area contributed by atoms with Crippen LogP contribution in [-0.4, -0.2) is 56.3 Å². The van der Waals surface area contributed by atoms with Crippen LogP contribution in [0.3, 0.4) is 0 Å². The summed E-state index contributed by atoms with van der Waals surface area (Å²) in [5.74, 6) is -4.30. The van der Waals surface area contributed by atoms with E-state index in [0.29, 0.717) is 33.3 Å². The molecule has 3 fully saturated rings. The Morgan fingerprint density at radius 2 is 1.40 bits per heavy atom. The van der Waals surface area contributed by atoms with Gasteiger partial charge in [-0.3, -0.25) is 14.5 Å². The van der Waals surface area contributed by atoms with E-state index < -0.39 is 23.6 Å². The quantitative estimate of drug-likeness (QED) is 0.0588. The van der Waals surface area contributed by atoms with Crippen molar-refractivity contribution in [3.05, 3.63) is 192 Å². The molecule has 0 spiro atoms. The number of benzene rings is 4. The summed E-state index contributed by atoms with van der Waals surface area (Å²) >= 11 is 0. The van der Waals surface area contributed by atoms with E-state index in [1.165, 1.54) is 131 Å². The number of rotatable bonds is 11. The molecule has 3 saturated carbocycles. The van der Waals surface area contributed by atoms with Gasteiger partial charge in [0, 0.05) is 144 Å². The maximum absolute atomic E-state index is 14.8. The molecule has 1 atom stereocenters. The fourth-order valence-electron chi connectivity index (χ4n) is 15.1. The molecule has 0 aliphatic heterocycles. The molecule has 9 aromatic rings. The van der Waals surface area contributed by atoms with Crippen LogP contribution in [0.15, 0.2) is 134 Å². The van der Waals surface area contributed by atoms with Crippen molar-refractivity contribution in [3.8, 4) is 33.8 Å². The van der Waals surface area contributed by atoms with Crippen LogP contribution < -0.4 is 0 Å². The van der Waals surface area contributed by atoms with Crippen LogP contribution in [0.4, 0.5) is 22.0 Å². The van der Waals surface area contributed by atoms with Gasteiger partial charge < -0.3 is 29.6 Å². The fourth-order valence-corrected chi connectivity index (χ4v) is 15.1. The third-order valence-electron chi connectivity index (χ3n) is 20.0. The number of pyridine rings is 1. The zero-order chi connectivity index (χ0) is 63.6. The number of carbonyl (C=O) groups is 1. The van der Waals surface area contributed by atoms with Crippen molar-refractivity contribution in [1.82, 2.24) is 39.3 Å². The molecule has 18 heteroatoms. The minimum atomic E-state index is -4.88. The number of para-hydroxylation sites is 1. The van der Waals surface area contributed by atoms with Crippen molar-refractivity contribution >= 4 is 27.7 Å². The van der Waals surface area contributed by atoms with Gasteiger partial charge in [0.2, 0.25) is 0 Å². The van der Waals surface area contributed by atoms with Crippen molar-refractivity contribution in [2.24, 2.45) is 16.2 Å². The second-order valence-corrected chi connectivity index (χ2v) is 26.7. The molecular weight excluding hydrogens is 1720 g/mol. The molecule has 1 radical (unpaired) electrons. The Bertz CT molecular complexity index is 4070. The third-order valence-corrected chi connectivity index (χ3v) is 20.0. The summed E-state index contributed by atoms with van der Waals surface area (Å²) in [5, 5.41) is 13.8. The van der Waals surface area contributed by atoms with Gasteiger partial charge in [-0.05, 0) is 139 Å². The van der Waals surface area contributed by atoms with Crippen LogP contribution >= 0.6 is 0 Å². The van der Waals surface area contributed by atoms with E-state index in [-0.39, 0.29) is 84.9 Å². The molecule has 0 bridgehead atoms. The smallest absolute Gasteiger partial charge is 0.454 e. The molecular formula is C75H80F5IrN8O2Pt2-3. The van der Waals surface area contributed by atoms with Gasteiger partial charge in [0.15, 0.2) is 0 Å². The number of carbonyl (C=O) groups excluding carboxylic acids is 1. The summed E-state index contributed by atoms with van der Waals surface area (Å²) < 4.78 is 67.6. The van der Waals surface area contributed by atoms with Crippen LogP contribution in [0, 0.1) is 34.6 Å². The van der Waals surface area contributed by atoms with Gasteiger partial charge in [0.05, 0.1) is 5.76 Å². The van der Waals surface area contributed by atoms with E-state index >= 15 is 0 Å². The molecule has 5 aromatic heterocycles. The molecule has 0 amide bonds. The van der Waals surface area contributed by atoms with Crippen molar-refractivity contribution in [3.63, 3.8) is 0 Å². The first-order valence-electron chi connectivity index (χ1n) is 32.1. The fraction of sp³-hybridized carbons (Fsp3) is 0.427. The first-order chi connectivity index (χ1) is 43.1. The predicted molar refractivity (Wildman–Crippen MR) is 344 cm³/mol. The van der Waals surface area contributed by atoms with Gasteiger partial charge in [-0.2, -0.15) is 30.4 Å². The number of halogens is 5. The Morgan fingerprint density at radius 3 is 2.06 bits per heavy atom. The number of fused-ring (bicyclic) bond motifs is 9. The molecule has 4 aromatic carbocycles. The van der Waals surface area contributed by atoms with E-state index in [0.717, 1.165) is 76.9 Å². The molecule has 14 rings (SSSR count). The Labute approximate surface area is 585 Å². The molecule has 5 aliphatic carbocycles. The second kappa shape index (κ2) is 30.0. The van der Waals surface area contributed by atoms with Crippen LogP contribution in [0.25, 0.3) is 55.7 Å². The number of aliphatic hydroxyl groups excluding tert-OH is 1. The average Bonchev–Trinajstić information content (AvgIpc) is 1.61. The second-order valence-electron chi connectivity index (χ2n) is 26.7. The number of hydrogen-bond acceptors (Lipinski definition) is 8. The molecule has 1 N–H and O–H groups in total. The number of aromatic nitrogens is 8. The van der Waals surface area contributed by atoms with E-state index in [4.69, 9.17) is 20.1 Å². The third kappa shape index (κ3) is 15.2. The number of hydrogen-bond donors (Lipinski definition) is 1. The summed E-state index contributed by atoms with van der Waals surface area (Å²) in [7, 11) is 0. The van der Waals surface area contributed by atoms with Crippen LogP contribution in [0.2, 0.25) is 0 Å². The number of nitrogens with zero attached hydrogens (tertiary/aromatic N) is 8. The summed E-state index contributed by atoms with van der Waals surface area (Å²) in [6.45, 7) is 14.8. The maximum atomic E-state index is 14.8. The van der Waals surface area contributed by atoms with E-state index in [9.17, 15) is 26.7 Å². The zero-order valence-electron chi connectivity index (χ0n) is 53.7. The maximum Gasteiger partial charge on any atom is 0.454 e. The Balaban J connectivity index is 0.000000165. The molecule has 10 nitrogen and oxygen atoms in total. The molecule has 1 unspecified atom stereocenters. The number of aliphatic hydroxyl groups is 1. The number of alkyl halides is 5. The summed E-state index contributed by atoms with van der Waals surface area (Å²) in [6, 6.07) is 37.7. The standard InChI is InChI=1S/C26H27N2.C23H21F2N2.C21H27N4.C5H5F3O2.Ir.2Pt/c1-2-26(15-9-4-10-16-26)18-20-17-24-25(27-19-20)22-13-7-8-14-23(22)28(24)21-11-5-3-6-12-21;1-22(11-4-5-12-22)15-17-10-13-26-27(17)16-8-9-21-19(14-16)18-6-2-3-7-20(18)23(21,24)25;1-5-15(21(4)9-7-6-8-10-21)19-24-13-14-16-18(23-12-11-22-16)20(2,3)17(14)25-19;1-3(9)2-4(10)5(6,7)8;;;/h3,5-8,11-12,14,17,19H,2,4,9-10,15-16,18H2,1H3;2-3,6-7,9-10,13-14H,4-5,11-12,15H2,1H3;11-12,15H,5-10H2,1-4H3;2,9H,1H3;;;/q3*-1;;;;. The van der Waals surface area contributed by atoms with Crippen LogP contribution in [-0.2, 0) is 91.2 Å². The average molecular weight is 1800 g/mol. The first-order valence-corrected chi connectivity index (χ1v) is 32.1. The molecule has 5 heterocycles. The number of allylic oxidation sites excluding steroid dienone is 2. The van der Waals surface area contributed by atoms with Crippen molar-refractivity contribution in [1.29, 1.82) is 0 Å². The van der Waals surface area contributed by atoms with Gasteiger partial charge in [0.1, 0.15) is 0 Å². The largest absolute Gasteiger partial charge is 0.512 e. The van der Waals surface area contributed by atoms with E-state index in [1.807, 2.05) is 22.9 Å². The molecule has 93 heavy (non-hydrogen) atoms. The minimum Gasteiger partial charge on any atom is -0.512 e. The topological polar surface area (TPSA) is 124 Å². The molecule has 499 valence electrons. The van der Waals surface area contributed by atoms with Crippen molar-refractivity contribution < 1.29 is 94.1 Å². The summed E-state index contributed by atoms with van der Waals surface area (Å²) in [4.78, 5) is 33.7. The predicted octanol–water partition coefficient (Wildman–Crippen LogP) is 19.2. The Morgan fingerprint density at radius 1 is 0.731 bits per heavy atom. The molecule has 0 saturated heterocycles. The summed E-state index contributed by atoms with van der Waals surface area (Å²) in [5.41, 5.74) is 13.8. The normalized spacial score (nSPS) is 17.7. The monoisotopic (exact) mass is 1800 g/mol. The summed E-state index contributed by atoms with van der Waals surface area (Å²) in [6.07, 6.45) is 28.8. The van der Waals surface area contributed by atoms with E-state index in [2.05, 4.69) is 134 Å². The number of ketones is 1. The van der Waals surface area contributed by atoms with Gasteiger partial charge in [-0.25, -0.2) is 8.78 Å². The Hall–Kier alpha value is -5.91. The van der Waals surface area contributed by atoms with Crippen molar-refractivity contribution in [2.75, 3.05) is 0 Å². The van der Waals surface area contributed by atoms with Gasteiger partial charge in [-0.1, -0.05) is 165 Å². The zero-order valence-corrected chi connectivity index (χ0v) is 60.7. The SMILES string of the molecule is CC(O)=CC(=O)C(F)(F)F.CC1(Cc2ccnn2-c2[c-]cc3c(c2)-c2ccccc2C3(F)F)CCCC1.CCC(c1n[c-]c2c(n1)C(C)(C)c1nccnc1-2)C1(C)CCCCC1.CCC1(Cc2cnc3c4[c-]cccc4n(-c4ccccc4)c3c2)CCCCC1.[Ir].[Pt].[Pt]. The Kier molecular flexibility index (Phi) is 23.5. The van der Waals surface area contributed by atoms with Crippen LogP contribution in [0.1, 0.15) is 197 Å². The van der Waals surface area contributed by atoms with Crippen LogP contribution in [0.5, 0.6) is 0 Å². The van der Waals surface area contributed by atoms with E-state index in [1.54, 1.807) is 36.8 Å². The van der Waals surface area contributed by atoms with Gasteiger partial charge in [-0.15, -0.1) is 35.9 Å². The van der Waals surface area contributed by atoms with Gasteiger partial charge >= 0.3 is 6.18 Å².